The predicted octanol–water partition coefficient (Wildman–Crippen LogP) is 3.62. The van der Waals surface area contributed by atoms with Crippen LogP contribution in [0.3, 0.4) is 0 Å². The molecule has 0 radical (unpaired) electrons. The lowest BCUT2D eigenvalue weighted by molar-refractivity contribution is 0.0499. The molecular weight excluding hydrogens is 322 g/mol. The lowest BCUT2D eigenvalue weighted by Gasteiger charge is -2.07. The van der Waals surface area contributed by atoms with Gasteiger partial charge >= 0.3 is 5.97 Å². The van der Waals surface area contributed by atoms with Crippen LogP contribution >= 0.6 is 0 Å². The van der Waals surface area contributed by atoms with Crippen LogP contribution in [0.25, 0.3) is 0 Å². The highest BCUT2D eigenvalue weighted by atomic mass is 16.7. The summed E-state index contributed by atoms with van der Waals surface area (Å²) in [5.74, 6) is 0.555. The number of fused-ring (bicyclic) bond motifs is 1. The van der Waals surface area contributed by atoms with E-state index in [4.69, 9.17) is 14.2 Å². The molecule has 6 nitrogen and oxygen atoms in total. The molecule has 3 rings (SSSR count). The first-order valence-electron chi connectivity index (χ1n) is 8.15. The first-order chi connectivity index (χ1) is 12.2. The van der Waals surface area contributed by atoms with E-state index in [0.29, 0.717) is 34.9 Å². The van der Waals surface area contributed by atoms with Gasteiger partial charge in [0, 0.05) is 11.3 Å². The molecule has 25 heavy (non-hydrogen) atoms. The number of benzene rings is 2. The fourth-order valence-corrected chi connectivity index (χ4v) is 2.32. The Kier molecular flexibility index (Phi) is 5.18. The third-order valence-electron chi connectivity index (χ3n) is 3.74. The van der Waals surface area contributed by atoms with Crippen LogP contribution in [0.2, 0.25) is 0 Å². The summed E-state index contributed by atoms with van der Waals surface area (Å²) in [4.78, 5) is 24.2. The molecule has 2 aromatic carbocycles. The van der Waals surface area contributed by atoms with E-state index in [1.807, 2.05) is 6.92 Å². The highest BCUT2D eigenvalue weighted by molar-refractivity contribution is 6.04. The quantitative estimate of drug-likeness (QED) is 0.641. The first-order valence-corrected chi connectivity index (χ1v) is 8.15. The minimum absolute atomic E-state index is 0.163. The van der Waals surface area contributed by atoms with Crippen LogP contribution in [0.4, 0.5) is 5.69 Å². The largest absolute Gasteiger partial charge is 0.462 e. The lowest BCUT2D eigenvalue weighted by atomic mass is 10.1. The van der Waals surface area contributed by atoms with E-state index < -0.39 is 0 Å². The van der Waals surface area contributed by atoms with Crippen molar-refractivity contribution in [2.24, 2.45) is 0 Å². The minimum Gasteiger partial charge on any atom is -0.462 e. The molecule has 2 aromatic rings. The molecule has 0 fully saturated rings. The Morgan fingerprint density at radius 1 is 1.04 bits per heavy atom. The van der Waals surface area contributed by atoms with Crippen molar-refractivity contribution in [3.63, 3.8) is 0 Å². The Balaban J connectivity index is 1.61. The SMILES string of the molecule is CCCCOC(=O)c1ccc(NC(=O)c2ccc3c(c2)OCO3)cc1. The van der Waals surface area contributed by atoms with Gasteiger partial charge in [-0.15, -0.1) is 0 Å². The molecule has 0 atom stereocenters. The minimum atomic E-state index is -0.359. The van der Waals surface area contributed by atoms with Gasteiger partial charge in [0.15, 0.2) is 11.5 Å². The number of carbonyl (C=O) groups is 2. The van der Waals surface area contributed by atoms with Gasteiger partial charge in [-0.1, -0.05) is 13.3 Å². The van der Waals surface area contributed by atoms with Gasteiger partial charge in [-0.2, -0.15) is 0 Å². The van der Waals surface area contributed by atoms with Crippen LogP contribution in [-0.4, -0.2) is 25.3 Å². The van der Waals surface area contributed by atoms with Gasteiger partial charge in [0.25, 0.3) is 5.91 Å². The van der Waals surface area contributed by atoms with Crippen LogP contribution in [0.15, 0.2) is 42.5 Å². The summed E-state index contributed by atoms with van der Waals surface area (Å²) in [6.07, 6.45) is 1.81. The zero-order valence-electron chi connectivity index (χ0n) is 13.9. The Morgan fingerprint density at radius 3 is 2.52 bits per heavy atom. The fourth-order valence-electron chi connectivity index (χ4n) is 2.32. The normalized spacial score (nSPS) is 11.9. The molecule has 1 aliphatic rings. The van der Waals surface area contributed by atoms with Crippen molar-refractivity contribution >= 4 is 17.6 Å². The Morgan fingerprint density at radius 2 is 1.76 bits per heavy atom. The standard InChI is InChI=1S/C19H19NO5/c1-2-3-10-23-19(22)13-4-7-15(8-5-13)20-18(21)14-6-9-16-17(11-14)25-12-24-16/h4-9,11H,2-3,10,12H2,1H3,(H,20,21). The molecule has 0 saturated carbocycles. The second-order valence-electron chi connectivity index (χ2n) is 5.59. The molecular formula is C19H19NO5. The molecule has 0 aromatic heterocycles. The monoisotopic (exact) mass is 341 g/mol. The average Bonchev–Trinajstić information content (AvgIpc) is 3.10. The van der Waals surface area contributed by atoms with Gasteiger partial charge < -0.3 is 19.5 Å². The first kappa shape index (κ1) is 16.8. The molecule has 0 bridgehead atoms. The van der Waals surface area contributed by atoms with E-state index in [1.54, 1.807) is 42.5 Å². The number of hydrogen-bond donors (Lipinski definition) is 1. The summed E-state index contributed by atoms with van der Waals surface area (Å²) in [5, 5.41) is 2.78. The van der Waals surface area contributed by atoms with Crippen molar-refractivity contribution in [2.75, 3.05) is 18.7 Å². The third kappa shape index (κ3) is 4.09. The van der Waals surface area contributed by atoms with Crippen molar-refractivity contribution < 1.29 is 23.8 Å². The lowest BCUT2D eigenvalue weighted by Crippen LogP contribution is -2.12. The number of anilines is 1. The number of carbonyl (C=O) groups excluding carboxylic acids is 2. The van der Waals surface area contributed by atoms with Gasteiger partial charge in [0.2, 0.25) is 6.79 Å². The van der Waals surface area contributed by atoms with Crippen molar-refractivity contribution in [3.8, 4) is 11.5 Å². The van der Waals surface area contributed by atoms with E-state index in [-0.39, 0.29) is 18.7 Å². The van der Waals surface area contributed by atoms with E-state index in [2.05, 4.69) is 5.32 Å². The van der Waals surface area contributed by atoms with Crippen LogP contribution < -0.4 is 14.8 Å². The number of amides is 1. The third-order valence-corrected chi connectivity index (χ3v) is 3.74. The maximum absolute atomic E-state index is 12.3. The Hall–Kier alpha value is -3.02. The van der Waals surface area contributed by atoms with E-state index in [1.165, 1.54) is 0 Å². The van der Waals surface area contributed by atoms with Crippen LogP contribution in [0.1, 0.15) is 40.5 Å². The smallest absolute Gasteiger partial charge is 0.338 e. The number of ether oxygens (including phenoxy) is 3. The van der Waals surface area contributed by atoms with Gasteiger partial charge in [-0.3, -0.25) is 4.79 Å². The summed E-state index contributed by atoms with van der Waals surface area (Å²) < 4.78 is 15.6. The molecule has 0 saturated heterocycles. The molecule has 1 amide bonds. The second kappa shape index (κ2) is 7.70. The predicted molar refractivity (Wildman–Crippen MR) is 92.2 cm³/mol. The maximum Gasteiger partial charge on any atom is 0.338 e. The Bertz CT molecular complexity index is 770. The molecule has 1 heterocycles. The fraction of sp³-hybridized carbons (Fsp3) is 0.263. The molecule has 1 N–H and O–H groups in total. The highest BCUT2D eigenvalue weighted by Gasteiger charge is 2.16. The molecule has 0 spiro atoms. The van der Waals surface area contributed by atoms with E-state index in [0.717, 1.165) is 12.8 Å². The Labute approximate surface area is 145 Å². The molecule has 6 heteroatoms. The summed E-state index contributed by atoms with van der Waals surface area (Å²) in [7, 11) is 0. The molecule has 0 unspecified atom stereocenters. The van der Waals surface area contributed by atoms with Crippen molar-refractivity contribution in [1.82, 2.24) is 0 Å². The van der Waals surface area contributed by atoms with Crippen molar-refractivity contribution in [2.45, 2.75) is 19.8 Å². The van der Waals surface area contributed by atoms with Crippen molar-refractivity contribution in [3.05, 3.63) is 53.6 Å². The summed E-state index contributed by atoms with van der Waals surface area (Å²) in [6, 6.07) is 11.6. The number of unbranched alkanes of at least 4 members (excludes halogenated alkanes) is 1. The van der Waals surface area contributed by atoms with Crippen LogP contribution in [0, 0.1) is 0 Å². The highest BCUT2D eigenvalue weighted by Crippen LogP contribution is 2.32. The van der Waals surface area contributed by atoms with Crippen LogP contribution in [0.5, 0.6) is 11.5 Å². The molecule has 0 aliphatic carbocycles. The summed E-state index contributed by atoms with van der Waals surface area (Å²) in [5.41, 5.74) is 1.51. The zero-order chi connectivity index (χ0) is 17.6. The van der Waals surface area contributed by atoms with Gasteiger partial charge in [-0.05, 0) is 48.9 Å². The second-order valence-corrected chi connectivity index (χ2v) is 5.59. The number of hydrogen-bond acceptors (Lipinski definition) is 5. The maximum atomic E-state index is 12.3. The topological polar surface area (TPSA) is 73.9 Å². The van der Waals surface area contributed by atoms with Gasteiger partial charge in [0.05, 0.1) is 12.2 Å². The van der Waals surface area contributed by atoms with Crippen molar-refractivity contribution in [1.29, 1.82) is 0 Å². The number of nitrogens with one attached hydrogen (secondary N) is 1. The molecule has 1 aliphatic heterocycles. The van der Waals surface area contributed by atoms with Gasteiger partial charge in [-0.25, -0.2) is 4.79 Å². The summed E-state index contributed by atoms with van der Waals surface area (Å²) in [6.45, 7) is 2.61. The van der Waals surface area contributed by atoms with Gasteiger partial charge in [0.1, 0.15) is 0 Å². The average molecular weight is 341 g/mol. The zero-order valence-corrected chi connectivity index (χ0v) is 13.9. The number of esters is 1. The number of rotatable bonds is 6. The molecule has 130 valence electrons. The summed E-state index contributed by atoms with van der Waals surface area (Å²) >= 11 is 0. The van der Waals surface area contributed by atoms with E-state index in [9.17, 15) is 9.59 Å². The van der Waals surface area contributed by atoms with E-state index >= 15 is 0 Å². The van der Waals surface area contributed by atoms with Crippen LogP contribution in [-0.2, 0) is 4.74 Å².